The van der Waals surface area contributed by atoms with Crippen molar-refractivity contribution in [3.8, 4) is 0 Å². The number of sulfonamides is 1. The van der Waals surface area contributed by atoms with E-state index >= 15 is 0 Å². The van der Waals surface area contributed by atoms with Crippen LogP contribution in [0.15, 0.2) is 71.6 Å². The molecule has 6 nitrogen and oxygen atoms in total. The number of hydrogen-bond donors (Lipinski definition) is 1. The molecule has 1 aliphatic rings. The van der Waals surface area contributed by atoms with Crippen LogP contribution in [-0.4, -0.2) is 45.4 Å². The van der Waals surface area contributed by atoms with Crippen LogP contribution in [0.1, 0.15) is 15.9 Å². The molecule has 3 aromatic rings. The van der Waals surface area contributed by atoms with Crippen LogP contribution in [0.3, 0.4) is 0 Å². The molecule has 0 radical (unpaired) electrons. The zero-order chi connectivity index (χ0) is 23.6. The fourth-order valence-corrected chi connectivity index (χ4v) is 5.10. The molecule has 0 aromatic heterocycles. The van der Waals surface area contributed by atoms with Gasteiger partial charge in [-0.25, -0.2) is 12.8 Å². The van der Waals surface area contributed by atoms with Crippen molar-refractivity contribution in [2.24, 2.45) is 0 Å². The molecule has 33 heavy (non-hydrogen) atoms. The molecule has 0 unspecified atom stereocenters. The van der Waals surface area contributed by atoms with Crippen molar-refractivity contribution in [3.05, 3.63) is 88.7 Å². The van der Waals surface area contributed by atoms with E-state index in [0.717, 1.165) is 5.69 Å². The van der Waals surface area contributed by atoms with Gasteiger partial charge in [0.2, 0.25) is 0 Å². The molecule has 1 saturated heterocycles. The van der Waals surface area contributed by atoms with Crippen LogP contribution in [0.2, 0.25) is 5.02 Å². The molecule has 1 fully saturated rings. The molecular formula is C24H23ClFN3O3S. The van der Waals surface area contributed by atoms with Gasteiger partial charge in [-0.05, 0) is 61.0 Å². The molecule has 1 heterocycles. The van der Waals surface area contributed by atoms with Gasteiger partial charge in [-0.2, -0.15) is 0 Å². The largest absolute Gasteiger partial charge is 0.367 e. The lowest BCUT2D eigenvalue weighted by Crippen LogP contribution is -2.49. The highest BCUT2D eigenvalue weighted by Gasteiger charge is 2.26. The summed E-state index contributed by atoms with van der Waals surface area (Å²) in [5.41, 5.74) is 2.19. The second-order valence-corrected chi connectivity index (χ2v) is 9.91. The molecule has 1 aliphatic heterocycles. The normalized spacial score (nSPS) is 14.3. The van der Waals surface area contributed by atoms with E-state index in [-0.39, 0.29) is 16.5 Å². The Balaban J connectivity index is 1.50. The van der Waals surface area contributed by atoms with Gasteiger partial charge in [0.25, 0.3) is 15.9 Å². The fourth-order valence-electron chi connectivity index (χ4n) is 3.76. The predicted molar refractivity (Wildman–Crippen MR) is 128 cm³/mol. The Morgan fingerprint density at radius 3 is 2.30 bits per heavy atom. The summed E-state index contributed by atoms with van der Waals surface area (Å²) in [7, 11) is -3.95. The van der Waals surface area contributed by atoms with Crippen LogP contribution in [0.5, 0.6) is 0 Å². The van der Waals surface area contributed by atoms with E-state index in [1.54, 1.807) is 17.9 Å². The number of nitrogens with zero attached hydrogens (tertiary/aromatic N) is 2. The Labute approximate surface area is 197 Å². The highest BCUT2D eigenvalue weighted by atomic mass is 35.5. The minimum atomic E-state index is -3.95. The summed E-state index contributed by atoms with van der Waals surface area (Å²) in [4.78, 5) is 17.1. The van der Waals surface area contributed by atoms with E-state index in [2.05, 4.69) is 9.62 Å². The molecule has 0 bridgehead atoms. The van der Waals surface area contributed by atoms with Crippen LogP contribution >= 0.6 is 11.6 Å². The standard InChI is InChI=1S/C24H23ClFN3O3S/c1-17-6-11-20(33(31,32)27-19-9-7-18(26)8-10-19)16-21(17)24(30)29-14-12-28(13-15-29)23-5-3-2-4-22(23)25/h2-11,16,27H,12-15H2,1H3. The number of aryl methyl sites for hydroxylation is 1. The quantitative estimate of drug-likeness (QED) is 0.573. The van der Waals surface area contributed by atoms with Crippen molar-refractivity contribution in [2.45, 2.75) is 11.8 Å². The molecule has 9 heteroatoms. The summed E-state index contributed by atoms with van der Waals surface area (Å²) in [5, 5.41) is 0.666. The molecule has 4 rings (SSSR count). The van der Waals surface area contributed by atoms with Crippen molar-refractivity contribution < 1.29 is 17.6 Å². The number of amides is 1. The molecule has 1 amide bonds. The average molecular weight is 488 g/mol. The van der Waals surface area contributed by atoms with Crippen LogP contribution in [0.4, 0.5) is 15.8 Å². The van der Waals surface area contributed by atoms with Crippen molar-refractivity contribution in [1.29, 1.82) is 0 Å². The molecule has 3 aromatic carbocycles. The first-order valence-corrected chi connectivity index (χ1v) is 12.3. The number of para-hydroxylation sites is 1. The van der Waals surface area contributed by atoms with Crippen LogP contribution < -0.4 is 9.62 Å². The summed E-state index contributed by atoms with van der Waals surface area (Å²) in [6.07, 6.45) is 0. The van der Waals surface area contributed by atoms with E-state index in [9.17, 15) is 17.6 Å². The number of piperazine rings is 1. The number of nitrogens with one attached hydrogen (secondary N) is 1. The van der Waals surface area contributed by atoms with Crippen molar-refractivity contribution in [2.75, 3.05) is 35.8 Å². The molecule has 0 aliphatic carbocycles. The van der Waals surface area contributed by atoms with Gasteiger partial charge in [0.1, 0.15) is 5.82 Å². The number of rotatable bonds is 5. The van der Waals surface area contributed by atoms with Gasteiger partial charge in [-0.3, -0.25) is 9.52 Å². The summed E-state index contributed by atoms with van der Waals surface area (Å²) in [6.45, 7) is 4.01. The molecule has 172 valence electrons. The third-order valence-corrected chi connectivity index (χ3v) is 7.30. The van der Waals surface area contributed by atoms with Gasteiger partial charge in [0, 0.05) is 37.4 Å². The third-order valence-electron chi connectivity index (χ3n) is 5.61. The number of carbonyl (C=O) groups is 1. The van der Waals surface area contributed by atoms with Gasteiger partial charge in [-0.15, -0.1) is 0 Å². The van der Waals surface area contributed by atoms with E-state index in [1.807, 2.05) is 24.3 Å². The number of hydrogen-bond acceptors (Lipinski definition) is 4. The first-order valence-electron chi connectivity index (χ1n) is 10.4. The van der Waals surface area contributed by atoms with Gasteiger partial charge in [0.15, 0.2) is 0 Å². The monoisotopic (exact) mass is 487 g/mol. The van der Waals surface area contributed by atoms with Gasteiger partial charge < -0.3 is 9.80 Å². The van der Waals surface area contributed by atoms with Crippen LogP contribution in [0.25, 0.3) is 0 Å². The van der Waals surface area contributed by atoms with Gasteiger partial charge in [-0.1, -0.05) is 29.8 Å². The maximum absolute atomic E-state index is 13.2. The SMILES string of the molecule is Cc1ccc(S(=O)(=O)Nc2ccc(F)cc2)cc1C(=O)N1CCN(c2ccccc2Cl)CC1. The Morgan fingerprint density at radius 2 is 1.64 bits per heavy atom. The maximum atomic E-state index is 13.2. The fraction of sp³-hybridized carbons (Fsp3) is 0.208. The Hall–Kier alpha value is -3.10. The average Bonchev–Trinajstić information content (AvgIpc) is 2.81. The van der Waals surface area contributed by atoms with Gasteiger partial charge >= 0.3 is 0 Å². The highest BCUT2D eigenvalue weighted by molar-refractivity contribution is 7.92. The Morgan fingerprint density at radius 1 is 0.970 bits per heavy atom. The number of anilines is 2. The summed E-state index contributed by atoms with van der Waals surface area (Å²) in [6, 6.07) is 17.1. The zero-order valence-electron chi connectivity index (χ0n) is 18.0. The molecule has 0 spiro atoms. The molecule has 0 atom stereocenters. The van der Waals surface area contributed by atoms with Crippen LogP contribution in [-0.2, 0) is 10.0 Å². The number of carbonyl (C=O) groups excluding carboxylic acids is 1. The van der Waals surface area contributed by atoms with Crippen LogP contribution in [0, 0.1) is 12.7 Å². The lowest BCUT2D eigenvalue weighted by Gasteiger charge is -2.36. The number of benzene rings is 3. The highest BCUT2D eigenvalue weighted by Crippen LogP contribution is 2.27. The summed E-state index contributed by atoms with van der Waals surface area (Å²) in [5.74, 6) is -0.680. The Bertz CT molecular complexity index is 1270. The van der Waals surface area contributed by atoms with E-state index < -0.39 is 15.8 Å². The summed E-state index contributed by atoms with van der Waals surface area (Å²) >= 11 is 6.30. The van der Waals surface area contributed by atoms with Crippen molar-refractivity contribution >= 4 is 38.9 Å². The summed E-state index contributed by atoms with van der Waals surface area (Å²) < 4.78 is 41.2. The van der Waals surface area contributed by atoms with E-state index in [4.69, 9.17) is 11.6 Å². The third kappa shape index (κ3) is 5.12. The molecule has 0 saturated carbocycles. The molecular weight excluding hydrogens is 465 g/mol. The second-order valence-electron chi connectivity index (χ2n) is 7.82. The van der Waals surface area contributed by atoms with E-state index in [1.165, 1.54) is 36.4 Å². The lowest BCUT2D eigenvalue weighted by atomic mass is 10.1. The first kappa shape index (κ1) is 23.1. The van der Waals surface area contributed by atoms with Crippen molar-refractivity contribution in [1.82, 2.24) is 4.90 Å². The minimum absolute atomic E-state index is 0.0320. The maximum Gasteiger partial charge on any atom is 0.261 e. The second kappa shape index (κ2) is 9.41. The molecule has 1 N–H and O–H groups in total. The minimum Gasteiger partial charge on any atom is -0.367 e. The topological polar surface area (TPSA) is 69.7 Å². The number of halogens is 2. The Kier molecular flexibility index (Phi) is 6.58. The first-order chi connectivity index (χ1) is 15.7. The zero-order valence-corrected chi connectivity index (χ0v) is 19.5. The lowest BCUT2D eigenvalue weighted by molar-refractivity contribution is 0.0746. The van der Waals surface area contributed by atoms with E-state index in [0.29, 0.717) is 42.3 Å². The van der Waals surface area contributed by atoms with Gasteiger partial charge in [0.05, 0.1) is 15.6 Å². The smallest absolute Gasteiger partial charge is 0.261 e. The predicted octanol–water partition coefficient (Wildman–Crippen LogP) is 4.55. The van der Waals surface area contributed by atoms with Crippen molar-refractivity contribution in [3.63, 3.8) is 0 Å².